The van der Waals surface area contributed by atoms with Crippen LogP contribution in [-0.2, 0) is 6.54 Å². The predicted octanol–water partition coefficient (Wildman–Crippen LogP) is 2.04. The van der Waals surface area contributed by atoms with Crippen LogP contribution in [0.5, 0.6) is 0 Å². The molecule has 2 aromatic rings. The normalized spacial score (nSPS) is 10.4. The summed E-state index contributed by atoms with van der Waals surface area (Å²) in [5, 5.41) is 20.1. The molecule has 0 unspecified atom stereocenters. The van der Waals surface area contributed by atoms with Crippen molar-refractivity contribution >= 4 is 23.1 Å². The number of nitrogens with zero attached hydrogens (tertiary/aromatic N) is 4. The summed E-state index contributed by atoms with van der Waals surface area (Å²) in [5.41, 5.74) is 0.582. The average molecular weight is 309 g/mol. The molecule has 8 heteroatoms. The van der Waals surface area contributed by atoms with E-state index in [2.05, 4.69) is 9.97 Å². The van der Waals surface area contributed by atoms with E-state index in [0.29, 0.717) is 6.54 Å². The second-order valence-electron chi connectivity index (χ2n) is 4.22. The summed E-state index contributed by atoms with van der Waals surface area (Å²) in [5.74, 6) is 0.0953. The fourth-order valence-corrected chi connectivity index (χ4v) is 2.12. The third-order valence-electron chi connectivity index (χ3n) is 2.83. The number of halogens is 1. The first-order chi connectivity index (χ1) is 10.1. The topological polar surface area (TPSA) is 92.4 Å². The minimum Gasteiger partial charge on any atom is -0.395 e. The quantitative estimate of drug-likeness (QED) is 0.499. The molecule has 1 heterocycles. The van der Waals surface area contributed by atoms with Gasteiger partial charge in [0.1, 0.15) is 6.33 Å². The first-order valence-corrected chi connectivity index (χ1v) is 6.56. The van der Waals surface area contributed by atoms with Gasteiger partial charge >= 0.3 is 5.69 Å². The zero-order valence-electron chi connectivity index (χ0n) is 11.0. The predicted molar refractivity (Wildman–Crippen MR) is 78.3 cm³/mol. The first-order valence-electron chi connectivity index (χ1n) is 6.18. The van der Waals surface area contributed by atoms with Crippen LogP contribution >= 0.6 is 11.6 Å². The first kappa shape index (κ1) is 15.1. The molecular formula is C13H13ClN4O3. The van der Waals surface area contributed by atoms with Gasteiger partial charge in [0.05, 0.1) is 11.5 Å². The second kappa shape index (κ2) is 6.96. The van der Waals surface area contributed by atoms with Crippen LogP contribution in [0.25, 0.3) is 0 Å². The molecule has 0 aliphatic heterocycles. The number of nitro groups is 1. The van der Waals surface area contributed by atoms with E-state index in [-0.39, 0.29) is 29.8 Å². The number of aromatic nitrogens is 2. The van der Waals surface area contributed by atoms with Gasteiger partial charge < -0.3 is 10.0 Å². The molecule has 110 valence electrons. The molecule has 0 aliphatic carbocycles. The average Bonchev–Trinajstić information content (AvgIpc) is 2.47. The Morgan fingerprint density at radius 3 is 2.62 bits per heavy atom. The minimum absolute atomic E-state index is 0.0953. The number of hydrogen-bond donors (Lipinski definition) is 1. The Bertz CT molecular complexity index is 624. The standard InChI is InChI=1S/C13H13ClN4O3/c14-12-11(18(20)21)13(16-9-15-12)17(6-7-19)8-10-4-2-1-3-5-10/h1-5,9,19H,6-8H2. The van der Waals surface area contributed by atoms with Gasteiger partial charge in [0.2, 0.25) is 11.0 Å². The number of rotatable bonds is 6. The fraction of sp³-hybridized carbons (Fsp3) is 0.231. The van der Waals surface area contributed by atoms with Crippen LogP contribution in [-0.4, -0.2) is 33.1 Å². The van der Waals surface area contributed by atoms with Gasteiger partial charge in [0.15, 0.2) is 0 Å². The minimum atomic E-state index is -0.618. The van der Waals surface area contributed by atoms with Crippen molar-refractivity contribution in [3.63, 3.8) is 0 Å². The maximum atomic E-state index is 11.2. The molecule has 2 rings (SSSR count). The second-order valence-corrected chi connectivity index (χ2v) is 4.58. The van der Waals surface area contributed by atoms with E-state index >= 15 is 0 Å². The van der Waals surface area contributed by atoms with Crippen molar-refractivity contribution in [3.05, 3.63) is 57.5 Å². The van der Waals surface area contributed by atoms with Crippen molar-refractivity contribution in [2.24, 2.45) is 0 Å². The molecule has 1 aromatic heterocycles. The number of benzene rings is 1. The molecule has 0 atom stereocenters. The van der Waals surface area contributed by atoms with E-state index in [1.54, 1.807) is 4.90 Å². The summed E-state index contributed by atoms with van der Waals surface area (Å²) in [4.78, 5) is 19.7. The van der Waals surface area contributed by atoms with Gasteiger partial charge in [-0.2, -0.15) is 0 Å². The van der Waals surface area contributed by atoms with Gasteiger partial charge in [0, 0.05) is 13.1 Å². The maximum Gasteiger partial charge on any atom is 0.348 e. The van der Waals surface area contributed by atoms with Crippen molar-refractivity contribution in [1.29, 1.82) is 0 Å². The van der Waals surface area contributed by atoms with E-state index in [4.69, 9.17) is 11.6 Å². The molecule has 0 aliphatic rings. The summed E-state index contributed by atoms with van der Waals surface area (Å²) >= 11 is 5.79. The lowest BCUT2D eigenvalue weighted by molar-refractivity contribution is -0.384. The highest BCUT2D eigenvalue weighted by Crippen LogP contribution is 2.31. The molecule has 0 fully saturated rings. The van der Waals surface area contributed by atoms with Crippen LogP contribution in [0.4, 0.5) is 11.5 Å². The van der Waals surface area contributed by atoms with Gasteiger partial charge in [-0.15, -0.1) is 0 Å². The molecule has 0 saturated carbocycles. The van der Waals surface area contributed by atoms with E-state index in [9.17, 15) is 15.2 Å². The largest absolute Gasteiger partial charge is 0.395 e. The summed E-state index contributed by atoms with van der Waals surface area (Å²) in [6.45, 7) is 0.407. The molecule has 7 nitrogen and oxygen atoms in total. The molecule has 1 aromatic carbocycles. The molecule has 1 N–H and O–H groups in total. The van der Waals surface area contributed by atoms with E-state index < -0.39 is 4.92 Å². The lowest BCUT2D eigenvalue weighted by Gasteiger charge is -2.22. The third-order valence-corrected chi connectivity index (χ3v) is 3.10. The van der Waals surface area contributed by atoms with Crippen LogP contribution < -0.4 is 4.90 Å². The highest BCUT2D eigenvalue weighted by molar-refractivity contribution is 6.31. The zero-order chi connectivity index (χ0) is 15.2. The summed E-state index contributed by atoms with van der Waals surface area (Å²) < 4.78 is 0. The van der Waals surface area contributed by atoms with Crippen molar-refractivity contribution in [3.8, 4) is 0 Å². The zero-order valence-corrected chi connectivity index (χ0v) is 11.8. The van der Waals surface area contributed by atoms with Crippen LogP contribution in [0.2, 0.25) is 5.15 Å². The van der Waals surface area contributed by atoms with Gasteiger partial charge in [-0.05, 0) is 5.56 Å². The smallest absolute Gasteiger partial charge is 0.348 e. The van der Waals surface area contributed by atoms with Crippen molar-refractivity contribution in [2.45, 2.75) is 6.54 Å². The molecule has 0 spiro atoms. The molecular weight excluding hydrogens is 296 g/mol. The van der Waals surface area contributed by atoms with Gasteiger partial charge in [-0.1, -0.05) is 41.9 Å². The Morgan fingerprint density at radius 2 is 2.00 bits per heavy atom. The van der Waals surface area contributed by atoms with Crippen LogP contribution in [0, 0.1) is 10.1 Å². The number of hydrogen-bond acceptors (Lipinski definition) is 6. The highest BCUT2D eigenvalue weighted by atomic mass is 35.5. The lowest BCUT2D eigenvalue weighted by Crippen LogP contribution is -2.28. The van der Waals surface area contributed by atoms with Gasteiger partial charge in [-0.3, -0.25) is 10.1 Å². The Kier molecular flexibility index (Phi) is 5.02. The van der Waals surface area contributed by atoms with Crippen molar-refractivity contribution < 1.29 is 10.0 Å². The molecule has 21 heavy (non-hydrogen) atoms. The van der Waals surface area contributed by atoms with Gasteiger partial charge in [-0.25, -0.2) is 9.97 Å². The Hall–Kier alpha value is -2.25. The lowest BCUT2D eigenvalue weighted by atomic mass is 10.2. The Balaban J connectivity index is 2.39. The number of aliphatic hydroxyl groups is 1. The number of aliphatic hydroxyl groups excluding tert-OH is 1. The van der Waals surface area contributed by atoms with E-state index in [0.717, 1.165) is 5.56 Å². The Labute approximate surface area is 126 Å². The van der Waals surface area contributed by atoms with Crippen LogP contribution in [0.3, 0.4) is 0 Å². The van der Waals surface area contributed by atoms with E-state index in [1.807, 2.05) is 30.3 Å². The Morgan fingerprint density at radius 1 is 1.29 bits per heavy atom. The molecule has 0 amide bonds. The summed E-state index contributed by atoms with van der Waals surface area (Å²) in [6.07, 6.45) is 1.17. The van der Waals surface area contributed by atoms with Crippen LogP contribution in [0.15, 0.2) is 36.7 Å². The maximum absolute atomic E-state index is 11.2. The van der Waals surface area contributed by atoms with Gasteiger partial charge in [0.25, 0.3) is 0 Å². The number of anilines is 1. The summed E-state index contributed by atoms with van der Waals surface area (Å²) in [7, 11) is 0. The van der Waals surface area contributed by atoms with Crippen molar-refractivity contribution in [1.82, 2.24) is 9.97 Å². The molecule has 0 radical (unpaired) electrons. The highest BCUT2D eigenvalue weighted by Gasteiger charge is 2.25. The monoisotopic (exact) mass is 308 g/mol. The van der Waals surface area contributed by atoms with E-state index in [1.165, 1.54) is 6.33 Å². The van der Waals surface area contributed by atoms with Crippen LogP contribution in [0.1, 0.15) is 5.56 Å². The third kappa shape index (κ3) is 3.65. The fourth-order valence-electron chi connectivity index (χ4n) is 1.92. The SMILES string of the molecule is O=[N+]([O-])c1c(Cl)ncnc1N(CCO)Cc1ccccc1. The van der Waals surface area contributed by atoms with Crippen molar-refractivity contribution in [2.75, 3.05) is 18.1 Å². The molecule has 0 bridgehead atoms. The summed E-state index contributed by atoms with van der Waals surface area (Å²) in [6, 6.07) is 9.39. The molecule has 0 saturated heterocycles.